The Hall–Kier alpha value is -2.63. The maximum absolute atomic E-state index is 13.4. The van der Waals surface area contributed by atoms with Crippen LogP contribution in [0.15, 0.2) is 84.4 Å². The van der Waals surface area contributed by atoms with E-state index in [9.17, 15) is 8.42 Å². The number of hydrogen-bond donors (Lipinski definition) is 0. The Bertz CT molecular complexity index is 1080. The zero-order chi connectivity index (χ0) is 21.5. The lowest BCUT2D eigenvalue weighted by molar-refractivity contribution is 0.246. The van der Waals surface area contributed by atoms with Gasteiger partial charge in [0.1, 0.15) is 0 Å². The van der Waals surface area contributed by atoms with E-state index in [1.165, 1.54) is 17.4 Å². The first-order valence-corrected chi connectivity index (χ1v) is 12.5. The van der Waals surface area contributed by atoms with Crippen LogP contribution < -0.4 is 0 Å². The summed E-state index contributed by atoms with van der Waals surface area (Å²) in [5.74, 6) is 0. The van der Waals surface area contributed by atoms with E-state index in [4.69, 9.17) is 0 Å². The van der Waals surface area contributed by atoms with Gasteiger partial charge in [0, 0.05) is 29.9 Å². The molecule has 1 heterocycles. The molecule has 4 rings (SSSR count). The maximum Gasteiger partial charge on any atom is 0.236 e. The number of benzene rings is 2. The molecule has 0 radical (unpaired) electrons. The molecule has 2 aromatic carbocycles. The molecular formula is C26H30N2O2S. The highest BCUT2D eigenvalue weighted by atomic mass is 32.2. The molecule has 5 heteroatoms. The first-order valence-electron chi connectivity index (χ1n) is 11.0. The number of nitrogens with zero attached hydrogens (tertiary/aromatic N) is 2. The topological polar surface area (TPSA) is 42.3 Å². The summed E-state index contributed by atoms with van der Waals surface area (Å²) in [6, 6.07) is 24.0. The fourth-order valence-corrected chi connectivity index (χ4v) is 5.71. The lowest BCUT2D eigenvalue weighted by Gasteiger charge is -2.32. The van der Waals surface area contributed by atoms with E-state index in [2.05, 4.69) is 16.7 Å². The molecule has 31 heavy (non-hydrogen) atoms. The van der Waals surface area contributed by atoms with Crippen LogP contribution in [0.4, 0.5) is 0 Å². The van der Waals surface area contributed by atoms with Gasteiger partial charge in [-0.25, -0.2) is 8.42 Å². The van der Waals surface area contributed by atoms with Crippen LogP contribution in [0.5, 0.6) is 0 Å². The Morgan fingerprint density at radius 2 is 1.55 bits per heavy atom. The highest BCUT2D eigenvalue weighted by Gasteiger charge is 2.30. The summed E-state index contributed by atoms with van der Waals surface area (Å²) < 4.78 is 30.7. The quantitative estimate of drug-likeness (QED) is 0.458. The fraction of sp³-hybridized carbons (Fsp3) is 0.308. The third kappa shape index (κ3) is 5.75. The normalized spacial score (nSPS) is 15.6. The van der Waals surface area contributed by atoms with Crippen molar-refractivity contribution in [1.82, 2.24) is 8.87 Å². The van der Waals surface area contributed by atoms with Gasteiger partial charge in [0.05, 0.1) is 6.54 Å². The van der Waals surface area contributed by atoms with Gasteiger partial charge in [-0.1, -0.05) is 79.9 Å². The Kier molecular flexibility index (Phi) is 7.05. The Morgan fingerprint density at radius 3 is 2.26 bits per heavy atom. The van der Waals surface area contributed by atoms with Crippen molar-refractivity contribution in [1.29, 1.82) is 0 Å². The summed E-state index contributed by atoms with van der Waals surface area (Å²) in [7, 11) is -3.55. The first-order chi connectivity index (χ1) is 15.1. The van der Waals surface area contributed by atoms with Crippen molar-refractivity contribution in [3.8, 4) is 0 Å². The molecule has 1 fully saturated rings. The number of aromatic nitrogens is 1. The van der Waals surface area contributed by atoms with Crippen molar-refractivity contribution in [3.63, 3.8) is 0 Å². The standard InChI is InChI=1S/C26H30N2O2S/c29-31(30,20-18-23-11-4-1-5-12-23)28(25-15-8-3-9-16-25)22-26-17-10-19-27(26)21-24-13-6-2-7-14-24/h1-2,4-7,10-14,17-20,25H,3,8-9,15-16,21-22H2. The van der Waals surface area contributed by atoms with Gasteiger partial charge >= 0.3 is 0 Å². The zero-order valence-corrected chi connectivity index (χ0v) is 18.6. The molecule has 0 amide bonds. The minimum atomic E-state index is -3.55. The van der Waals surface area contributed by atoms with Crippen LogP contribution in [-0.4, -0.2) is 23.3 Å². The SMILES string of the molecule is O=S(=O)(C=Cc1ccccc1)N(Cc1cccn1Cc1ccccc1)C1CCCCC1. The first kappa shape index (κ1) is 21.6. The van der Waals surface area contributed by atoms with E-state index >= 15 is 0 Å². The monoisotopic (exact) mass is 434 g/mol. The summed E-state index contributed by atoms with van der Waals surface area (Å²) in [5, 5.41) is 1.38. The molecule has 1 aliphatic rings. The van der Waals surface area contributed by atoms with Gasteiger partial charge in [0.25, 0.3) is 0 Å². The van der Waals surface area contributed by atoms with Gasteiger partial charge in [-0.15, -0.1) is 0 Å². The van der Waals surface area contributed by atoms with Crippen LogP contribution in [0.25, 0.3) is 6.08 Å². The van der Waals surface area contributed by atoms with Crippen LogP contribution in [0, 0.1) is 0 Å². The van der Waals surface area contributed by atoms with Crippen molar-refractivity contribution in [2.24, 2.45) is 0 Å². The van der Waals surface area contributed by atoms with E-state index in [1.807, 2.05) is 66.9 Å². The van der Waals surface area contributed by atoms with Crippen molar-refractivity contribution >= 4 is 16.1 Å². The van der Waals surface area contributed by atoms with Gasteiger partial charge in [0.2, 0.25) is 10.0 Å². The van der Waals surface area contributed by atoms with Crippen LogP contribution in [0.3, 0.4) is 0 Å². The molecule has 0 saturated heterocycles. The second kappa shape index (κ2) is 10.1. The molecule has 4 nitrogen and oxygen atoms in total. The summed E-state index contributed by atoms with van der Waals surface area (Å²) in [5.41, 5.74) is 3.12. The minimum absolute atomic E-state index is 0.0549. The van der Waals surface area contributed by atoms with Gasteiger partial charge in [-0.2, -0.15) is 4.31 Å². The summed E-state index contributed by atoms with van der Waals surface area (Å²) in [6.07, 6.45) is 8.96. The zero-order valence-electron chi connectivity index (χ0n) is 17.8. The van der Waals surface area contributed by atoms with Gasteiger partial charge in [-0.05, 0) is 42.2 Å². The third-order valence-corrected chi connectivity index (χ3v) is 7.54. The second-order valence-electron chi connectivity index (χ2n) is 8.21. The number of hydrogen-bond acceptors (Lipinski definition) is 2. The lowest BCUT2D eigenvalue weighted by Crippen LogP contribution is -2.40. The van der Waals surface area contributed by atoms with Crippen LogP contribution in [0.1, 0.15) is 48.9 Å². The molecular weight excluding hydrogens is 404 g/mol. The maximum atomic E-state index is 13.4. The lowest BCUT2D eigenvalue weighted by atomic mass is 9.95. The van der Waals surface area contributed by atoms with E-state index in [-0.39, 0.29) is 6.04 Å². The van der Waals surface area contributed by atoms with Crippen molar-refractivity contribution < 1.29 is 8.42 Å². The van der Waals surface area contributed by atoms with Crippen LogP contribution in [0.2, 0.25) is 0 Å². The summed E-state index contributed by atoms with van der Waals surface area (Å²) in [6.45, 7) is 1.13. The van der Waals surface area contributed by atoms with Gasteiger partial charge in [-0.3, -0.25) is 0 Å². The van der Waals surface area contributed by atoms with E-state index < -0.39 is 10.0 Å². The Labute approximate surface area is 185 Å². The molecule has 0 aliphatic heterocycles. The van der Waals surface area contributed by atoms with Crippen molar-refractivity contribution in [2.75, 3.05) is 0 Å². The average molecular weight is 435 g/mol. The minimum Gasteiger partial charge on any atom is -0.346 e. The number of rotatable bonds is 8. The molecule has 1 aliphatic carbocycles. The van der Waals surface area contributed by atoms with Crippen LogP contribution >= 0.6 is 0 Å². The van der Waals surface area contributed by atoms with Crippen LogP contribution in [-0.2, 0) is 23.1 Å². The molecule has 1 saturated carbocycles. The fourth-order valence-electron chi connectivity index (χ4n) is 4.29. The largest absolute Gasteiger partial charge is 0.346 e. The van der Waals surface area contributed by atoms with Crippen molar-refractivity contribution in [3.05, 3.63) is 101 Å². The molecule has 0 N–H and O–H groups in total. The van der Waals surface area contributed by atoms with E-state index in [0.717, 1.165) is 43.5 Å². The average Bonchev–Trinajstić information content (AvgIpc) is 3.24. The molecule has 0 atom stereocenters. The van der Waals surface area contributed by atoms with Gasteiger partial charge in [0.15, 0.2) is 0 Å². The highest BCUT2D eigenvalue weighted by Crippen LogP contribution is 2.27. The van der Waals surface area contributed by atoms with E-state index in [1.54, 1.807) is 10.4 Å². The second-order valence-corrected chi connectivity index (χ2v) is 9.98. The molecule has 0 bridgehead atoms. The van der Waals surface area contributed by atoms with Gasteiger partial charge < -0.3 is 4.57 Å². The highest BCUT2D eigenvalue weighted by molar-refractivity contribution is 7.92. The predicted molar refractivity (Wildman–Crippen MR) is 127 cm³/mol. The predicted octanol–water partition coefficient (Wildman–Crippen LogP) is 5.67. The molecule has 0 unspecified atom stereocenters. The third-order valence-electron chi connectivity index (χ3n) is 5.98. The summed E-state index contributed by atoms with van der Waals surface area (Å²) >= 11 is 0. The van der Waals surface area contributed by atoms with E-state index in [0.29, 0.717) is 6.54 Å². The Morgan fingerprint density at radius 1 is 0.871 bits per heavy atom. The molecule has 162 valence electrons. The molecule has 0 spiro atoms. The summed E-state index contributed by atoms with van der Waals surface area (Å²) in [4.78, 5) is 0. The number of sulfonamides is 1. The smallest absolute Gasteiger partial charge is 0.236 e. The molecule has 1 aromatic heterocycles. The molecule has 3 aromatic rings. The Balaban J connectivity index is 1.59. The van der Waals surface area contributed by atoms with Crippen molar-refractivity contribution in [2.45, 2.75) is 51.2 Å².